The molecule has 5 atom stereocenters. The van der Waals surface area contributed by atoms with Crippen molar-refractivity contribution >= 4 is 17.7 Å². The Morgan fingerprint density at radius 3 is 2.02 bits per heavy atom. The molecule has 0 bridgehead atoms. The van der Waals surface area contributed by atoms with Crippen LogP contribution in [0.15, 0.2) is 83.8 Å². The molecule has 214 valence electrons. The molecule has 0 amide bonds. The van der Waals surface area contributed by atoms with E-state index in [4.69, 9.17) is 18.9 Å². The summed E-state index contributed by atoms with van der Waals surface area (Å²) in [6, 6.07) is 26.0. The van der Waals surface area contributed by atoms with Crippen LogP contribution in [0.3, 0.4) is 0 Å². The first-order valence-electron chi connectivity index (χ1n) is 13.7. The smallest absolute Gasteiger partial charge is 0.302 e. The number of esters is 1. The molecule has 0 spiro atoms. The topological polar surface area (TPSA) is 74.2 Å². The van der Waals surface area contributed by atoms with Crippen molar-refractivity contribution in [1.29, 1.82) is 0 Å². The van der Waals surface area contributed by atoms with Crippen molar-refractivity contribution in [3.05, 3.63) is 101 Å². The van der Waals surface area contributed by atoms with E-state index in [0.29, 0.717) is 6.61 Å². The Kier molecular flexibility index (Phi) is 10.4. The molecule has 6 nitrogen and oxygen atoms in total. The first kappa shape index (κ1) is 30.3. The number of aliphatic hydroxyl groups is 1. The highest BCUT2D eigenvalue weighted by molar-refractivity contribution is 7.99. The fourth-order valence-electron chi connectivity index (χ4n) is 4.56. The van der Waals surface area contributed by atoms with Gasteiger partial charge in [0, 0.05) is 11.8 Å². The fourth-order valence-corrected chi connectivity index (χ4v) is 5.83. The number of hydrogen-bond acceptors (Lipinski definition) is 7. The van der Waals surface area contributed by atoms with Crippen LogP contribution in [0.1, 0.15) is 49.9 Å². The maximum atomic E-state index is 11.7. The van der Waals surface area contributed by atoms with Gasteiger partial charge in [-0.05, 0) is 40.7 Å². The van der Waals surface area contributed by atoms with Crippen molar-refractivity contribution in [3.8, 4) is 0 Å². The molecule has 0 aromatic heterocycles. The van der Waals surface area contributed by atoms with Crippen LogP contribution in [0.2, 0.25) is 0 Å². The van der Waals surface area contributed by atoms with Gasteiger partial charge in [0.1, 0.15) is 36.5 Å². The van der Waals surface area contributed by atoms with Crippen molar-refractivity contribution in [1.82, 2.24) is 0 Å². The zero-order valence-electron chi connectivity index (χ0n) is 23.9. The lowest BCUT2D eigenvalue weighted by molar-refractivity contribution is -0.239. The minimum atomic E-state index is -1.02. The second-order valence-electron chi connectivity index (χ2n) is 11.2. The van der Waals surface area contributed by atoms with Gasteiger partial charge in [-0.3, -0.25) is 4.79 Å². The molecule has 3 aromatic rings. The Balaban J connectivity index is 1.63. The minimum absolute atomic E-state index is 0.0204. The minimum Gasteiger partial charge on any atom is -0.463 e. The standard InChI is InChI=1S/C33H40O6S/c1-22-16-17-26(33(3,4)5)18-28(22)40-32-31(38-20-25-14-10-7-11-15-25)29(35)30(27(39-32)21-36-23(2)34)37-19-24-12-8-6-9-13-24/h6-18,27,29-32,35H,19-21H2,1-5H3/t27?,29?,30-,31?,32+/m1/s1. The summed E-state index contributed by atoms with van der Waals surface area (Å²) in [4.78, 5) is 12.8. The second kappa shape index (κ2) is 13.8. The third-order valence-electron chi connectivity index (χ3n) is 6.94. The molecule has 1 aliphatic rings. The first-order valence-corrected chi connectivity index (χ1v) is 14.6. The molecule has 0 radical (unpaired) electrons. The van der Waals surface area contributed by atoms with E-state index in [1.165, 1.54) is 24.2 Å². The summed E-state index contributed by atoms with van der Waals surface area (Å²) in [7, 11) is 0. The third kappa shape index (κ3) is 8.18. The lowest BCUT2D eigenvalue weighted by Crippen LogP contribution is -2.59. The maximum absolute atomic E-state index is 11.7. The molecule has 1 fully saturated rings. The SMILES string of the molecule is CC(=O)OCC1O[C@@H](Sc2cc(C(C)(C)C)ccc2C)C(OCc2ccccc2)C(O)[C@@H]1OCc1ccccc1. The predicted octanol–water partition coefficient (Wildman–Crippen LogP) is 6.20. The molecule has 3 aromatic carbocycles. The van der Waals surface area contributed by atoms with Gasteiger partial charge in [-0.2, -0.15) is 0 Å². The van der Waals surface area contributed by atoms with Gasteiger partial charge in [0.25, 0.3) is 0 Å². The number of rotatable bonds is 10. The molecule has 4 rings (SSSR count). The maximum Gasteiger partial charge on any atom is 0.302 e. The van der Waals surface area contributed by atoms with Gasteiger partial charge in [0.2, 0.25) is 0 Å². The van der Waals surface area contributed by atoms with Gasteiger partial charge in [-0.15, -0.1) is 0 Å². The number of ether oxygens (including phenoxy) is 4. The Morgan fingerprint density at radius 2 is 1.48 bits per heavy atom. The molecule has 1 aliphatic heterocycles. The number of carbonyl (C=O) groups excluding carboxylic acids is 1. The van der Waals surface area contributed by atoms with Crippen LogP contribution < -0.4 is 0 Å². The van der Waals surface area contributed by atoms with Crippen molar-refractivity contribution in [3.63, 3.8) is 0 Å². The lowest BCUT2D eigenvalue weighted by Gasteiger charge is -2.44. The van der Waals surface area contributed by atoms with E-state index in [9.17, 15) is 9.90 Å². The van der Waals surface area contributed by atoms with Crippen LogP contribution in [-0.2, 0) is 42.4 Å². The molecule has 40 heavy (non-hydrogen) atoms. The predicted molar refractivity (Wildman–Crippen MR) is 157 cm³/mol. The van der Waals surface area contributed by atoms with Crippen LogP contribution >= 0.6 is 11.8 Å². The van der Waals surface area contributed by atoms with Crippen molar-refractivity contribution in [2.75, 3.05) is 6.61 Å². The first-order chi connectivity index (χ1) is 19.1. The summed E-state index contributed by atoms with van der Waals surface area (Å²) in [6.45, 7) is 10.5. The molecular formula is C33H40O6S. The number of aryl methyl sites for hydroxylation is 1. The highest BCUT2D eigenvalue weighted by atomic mass is 32.2. The van der Waals surface area contributed by atoms with E-state index in [1.807, 2.05) is 60.7 Å². The molecule has 7 heteroatoms. The van der Waals surface area contributed by atoms with Crippen molar-refractivity contribution < 1.29 is 28.8 Å². The van der Waals surface area contributed by atoms with Crippen LogP contribution in [0, 0.1) is 6.92 Å². The van der Waals surface area contributed by atoms with Crippen molar-refractivity contribution in [2.24, 2.45) is 0 Å². The third-order valence-corrected chi connectivity index (χ3v) is 8.24. The Morgan fingerprint density at radius 1 is 0.900 bits per heavy atom. The molecule has 1 saturated heterocycles. The van der Waals surface area contributed by atoms with Gasteiger partial charge in [0.05, 0.1) is 13.2 Å². The van der Waals surface area contributed by atoms with Crippen LogP contribution in [0.4, 0.5) is 0 Å². The normalized spacial score (nSPS) is 23.1. The van der Waals surface area contributed by atoms with E-state index >= 15 is 0 Å². The average Bonchev–Trinajstić information content (AvgIpc) is 2.92. The van der Waals surface area contributed by atoms with Gasteiger partial charge in [0.15, 0.2) is 0 Å². The molecule has 0 saturated carbocycles. The second-order valence-corrected chi connectivity index (χ2v) is 12.3. The van der Waals surface area contributed by atoms with Gasteiger partial charge < -0.3 is 24.1 Å². The number of benzene rings is 3. The summed E-state index contributed by atoms with van der Waals surface area (Å²) >= 11 is 1.52. The van der Waals surface area contributed by atoms with E-state index in [2.05, 4.69) is 45.9 Å². The number of hydrogen-bond donors (Lipinski definition) is 1. The largest absolute Gasteiger partial charge is 0.463 e. The highest BCUT2D eigenvalue weighted by Gasteiger charge is 2.47. The summed E-state index contributed by atoms with van der Waals surface area (Å²) in [5, 5.41) is 11.7. The Labute approximate surface area is 242 Å². The van der Waals surface area contributed by atoms with Crippen LogP contribution in [-0.4, -0.2) is 47.5 Å². The zero-order chi connectivity index (χ0) is 28.7. The van der Waals surface area contributed by atoms with Crippen LogP contribution in [0.5, 0.6) is 0 Å². The molecular weight excluding hydrogens is 524 g/mol. The fraction of sp³-hybridized carbons (Fsp3) is 0.424. The average molecular weight is 565 g/mol. The summed E-state index contributed by atoms with van der Waals surface area (Å²) in [5.41, 5.74) is 3.69. The number of carbonyl (C=O) groups is 1. The van der Waals surface area contributed by atoms with E-state index in [1.54, 1.807) is 0 Å². The number of aliphatic hydroxyl groups excluding tert-OH is 1. The molecule has 0 aliphatic carbocycles. The summed E-state index contributed by atoms with van der Waals surface area (Å²) < 4.78 is 24.5. The van der Waals surface area contributed by atoms with E-state index in [0.717, 1.165) is 21.6 Å². The van der Waals surface area contributed by atoms with Crippen LogP contribution in [0.25, 0.3) is 0 Å². The molecule has 1 heterocycles. The quantitative estimate of drug-likeness (QED) is 0.294. The monoisotopic (exact) mass is 564 g/mol. The van der Waals surface area contributed by atoms with E-state index in [-0.39, 0.29) is 18.6 Å². The van der Waals surface area contributed by atoms with Gasteiger partial charge >= 0.3 is 5.97 Å². The zero-order valence-corrected chi connectivity index (χ0v) is 24.7. The lowest BCUT2D eigenvalue weighted by atomic mass is 9.87. The Hall–Kier alpha value is -2.68. The molecule has 3 unspecified atom stereocenters. The summed E-state index contributed by atoms with van der Waals surface area (Å²) in [5.74, 6) is -0.416. The van der Waals surface area contributed by atoms with Gasteiger partial charge in [-0.1, -0.05) is 105 Å². The Bertz CT molecular complexity index is 1230. The highest BCUT2D eigenvalue weighted by Crippen LogP contribution is 2.39. The van der Waals surface area contributed by atoms with E-state index < -0.39 is 35.8 Å². The van der Waals surface area contributed by atoms with Gasteiger partial charge in [-0.25, -0.2) is 0 Å². The van der Waals surface area contributed by atoms with Crippen molar-refractivity contribution in [2.45, 2.75) is 88.0 Å². The molecule has 1 N–H and O–H groups in total. The summed E-state index contributed by atoms with van der Waals surface area (Å²) in [6.07, 6.45) is -3.16. The number of thioether (sulfide) groups is 1.